The molecule has 2 rings (SSSR count). The van der Waals surface area contributed by atoms with Crippen LogP contribution in [0.4, 0.5) is 0 Å². The molecule has 0 saturated carbocycles. The summed E-state index contributed by atoms with van der Waals surface area (Å²) in [6.07, 6.45) is 1.37. The van der Waals surface area contributed by atoms with Gasteiger partial charge in [0, 0.05) is 12.1 Å². The lowest BCUT2D eigenvalue weighted by Gasteiger charge is -2.16. The van der Waals surface area contributed by atoms with Crippen LogP contribution in [-0.4, -0.2) is 21.7 Å². The molecule has 122 valence electrons. The van der Waals surface area contributed by atoms with Crippen LogP contribution in [0.1, 0.15) is 41.8 Å². The van der Waals surface area contributed by atoms with Crippen LogP contribution < -0.4 is 5.32 Å². The highest BCUT2D eigenvalue weighted by Gasteiger charge is 2.13. The number of nitrogens with one attached hydrogen (secondary N) is 1. The molecule has 0 atom stereocenters. The number of carbonyl (C=O) groups excluding carboxylic acids is 1. The van der Waals surface area contributed by atoms with Gasteiger partial charge >= 0.3 is 0 Å². The van der Waals surface area contributed by atoms with Gasteiger partial charge in [-0.15, -0.1) is 0 Å². The van der Waals surface area contributed by atoms with Crippen LogP contribution in [0, 0.1) is 0 Å². The fraction of sp³-hybridized carbons (Fsp3) is 0.316. The van der Waals surface area contributed by atoms with Gasteiger partial charge in [0.15, 0.2) is 0 Å². The average molecular weight is 313 g/mol. The van der Waals surface area contributed by atoms with Crippen LogP contribution in [0.2, 0.25) is 0 Å². The fourth-order valence-electron chi connectivity index (χ4n) is 2.22. The third-order valence-electron chi connectivity index (χ3n) is 3.60. The molecule has 0 spiro atoms. The van der Waals surface area contributed by atoms with Gasteiger partial charge in [-0.1, -0.05) is 24.3 Å². The zero-order valence-electron chi connectivity index (χ0n) is 13.5. The first-order valence-electron chi connectivity index (χ1n) is 7.71. The molecule has 0 fully saturated rings. The van der Waals surface area contributed by atoms with Gasteiger partial charge in [0.25, 0.3) is 5.91 Å². The van der Waals surface area contributed by atoms with Gasteiger partial charge < -0.3 is 15.5 Å². The Morgan fingerprint density at radius 3 is 2.43 bits per heavy atom. The minimum absolute atomic E-state index is 0.136. The summed E-state index contributed by atoms with van der Waals surface area (Å²) in [6.45, 7) is 3.97. The van der Waals surface area contributed by atoms with E-state index in [4.69, 9.17) is 0 Å². The van der Waals surface area contributed by atoms with Crippen molar-refractivity contribution in [1.82, 2.24) is 5.32 Å². The number of hydrogen-bond acceptors (Lipinski definition) is 3. The summed E-state index contributed by atoms with van der Waals surface area (Å²) in [7, 11) is 0. The van der Waals surface area contributed by atoms with Crippen molar-refractivity contribution in [2.75, 3.05) is 0 Å². The molecule has 4 nitrogen and oxygen atoms in total. The molecule has 4 heteroatoms. The summed E-state index contributed by atoms with van der Waals surface area (Å²) < 4.78 is 0. The van der Waals surface area contributed by atoms with Crippen LogP contribution in [0.5, 0.6) is 5.75 Å². The number of aliphatic hydroxyl groups is 1. The second-order valence-electron chi connectivity index (χ2n) is 6.36. The Labute approximate surface area is 136 Å². The lowest BCUT2D eigenvalue weighted by Crippen LogP contribution is -2.23. The molecule has 0 aromatic heterocycles. The summed E-state index contributed by atoms with van der Waals surface area (Å²) in [4.78, 5) is 12.2. The predicted molar refractivity (Wildman–Crippen MR) is 90.3 cm³/mol. The third kappa shape index (κ3) is 5.75. The Bertz CT molecular complexity index is 657. The standard InChI is InChI=1S/C19H23NO3/c1-19(2,23)11-10-14-4-3-5-16(12-14)18(22)20-13-15-6-8-17(21)9-7-15/h3-9,12,21,23H,10-11,13H2,1-2H3,(H,20,22). The highest BCUT2D eigenvalue weighted by molar-refractivity contribution is 5.94. The van der Waals surface area contributed by atoms with E-state index < -0.39 is 5.60 Å². The van der Waals surface area contributed by atoms with Crippen LogP contribution >= 0.6 is 0 Å². The SMILES string of the molecule is CC(C)(O)CCc1cccc(C(=O)NCc2ccc(O)cc2)c1. The van der Waals surface area contributed by atoms with Crippen molar-refractivity contribution in [1.29, 1.82) is 0 Å². The molecule has 2 aromatic rings. The molecule has 0 aliphatic heterocycles. The van der Waals surface area contributed by atoms with Gasteiger partial charge in [-0.3, -0.25) is 4.79 Å². The van der Waals surface area contributed by atoms with E-state index >= 15 is 0 Å². The second kappa shape index (κ2) is 7.29. The predicted octanol–water partition coefficient (Wildman–Crippen LogP) is 3.03. The quantitative estimate of drug-likeness (QED) is 0.768. The number of carbonyl (C=O) groups is 1. The first-order valence-corrected chi connectivity index (χ1v) is 7.71. The number of phenolic OH excluding ortho intramolecular Hbond substituents is 1. The molecule has 1 amide bonds. The Morgan fingerprint density at radius 1 is 1.09 bits per heavy atom. The molecular formula is C19H23NO3. The van der Waals surface area contributed by atoms with Crippen molar-refractivity contribution in [3.63, 3.8) is 0 Å². The molecule has 0 radical (unpaired) electrons. The monoisotopic (exact) mass is 313 g/mol. The fourth-order valence-corrected chi connectivity index (χ4v) is 2.22. The zero-order valence-corrected chi connectivity index (χ0v) is 13.5. The van der Waals surface area contributed by atoms with Crippen molar-refractivity contribution < 1.29 is 15.0 Å². The van der Waals surface area contributed by atoms with Crippen LogP contribution in [0.15, 0.2) is 48.5 Å². The van der Waals surface area contributed by atoms with Crippen molar-refractivity contribution in [2.24, 2.45) is 0 Å². The number of rotatable bonds is 6. The van der Waals surface area contributed by atoms with Crippen LogP contribution in [-0.2, 0) is 13.0 Å². The Balaban J connectivity index is 1.95. The Morgan fingerprint density at radius 2 is 1.78 bits per heavy atom. The van der Waals surface area contributed by atoms with Gasteiger partial charge in [0.1, 0.15) is 5.75 Å². The molecule has 3 N–H and O–H groups in total. The number of aromatic hydroxyl groups is 1. The van der Waals surface area contributed by atoms with Crippen molar-refractivity contribution in [2.45, 2.75) is 38.8 Å². The maximum absolute atomic E-state index is 12.2. The van der Waals surface area contributed by atoms with Gasteiger partial charge in [-0.25, -0.2) is 0 Å². The van der Waals surface area contributed by atoms with Crippen LogP contribution in [0.3, 0.4) is 0 Å². The molecule has 0 aliphatic carbocycles. The Hall–Kier alpha value is -2.33. The number of phenols is 1. The molecule has 23 heavy (non-hydrogen) atoms. The Kier molecular flexibility index (Phi) is 5.40. The summed E-state index contributed by atoms with van der Waals surface area (Å²) in [5.41, 5.74) is 1.85. The lowest BCUT2D eigenvalue weighted by molar-refractivity contribution is 0.0714. The highest BCUT2D eigenvalue weighted by Crippen LogP contribution is 2.15. The lowest BCUT2D eigenvalue weighted by atomic mass is 9.98. The summed E-state index contributed by atoms with van der Waals surface area (Å²) >= 11 is 0. The van der Waals surface area contributed by atoms with E-state index in [2.05, 4.69) is 5.32 Å². The second-order valence-corrected chi connectivity index (χ2v) is 6.36. The van der Waals surface area contributed by atoms with E-state index in [1.807, 2.05) is 18.2 Å². The minimum atomic E-state index is -0.711. The first-order chi connectivity index (χ1) is 10.8. The van der Waals surface area contributed by atoms with E-state index in [-0.39, 0.29) is 11.7 Å². The number of aryl methyl sites for hydroxylation is 1. The maximum atomic E-state index is 12.2. The van der Waals surface area contributed by atoms with Gasteiger partial charge in [-0.2, -0.15) is 0 Å². The molecule has 0 heterocycles. The number of benzene rings is 2. The normalized spacial score (nSPS) is 11.3. The molecular weight excluding hydrogens is 290 g/mol. The van der Waals surface area contributed by atoms with Crippen molar-refractivity contribution in [3.8, 4) is 5.75 Å². The molecule has 0 bridgehead atoms. The number of amides is 1. The van der Waals surface area contributed by atoms with E-state index in [1.54, 1.807) is 44.2 Å². The molecule has 2 aromatic carbocycles. The minimum Gasteiger partial charge on any atom is -0.508 e. The first kappa shape index (κ1) is 17.0. The molecule has 0 saturated heterocycles. The maximum Gasteiger partial charge on any atom is 0.251 e. The number of hydrogen-bond donors (Lipinski definition) is 3. The molecule has 0 unspecified atom stereocenters. The highest BCUT2D eigenvalue weighted by atomic mass is 16.3. The topological polar surface area (TPSA) is 69.6 Å². The largest absolute Gasteiger partial charge is 0.508 e. The van der Waals surface area contributed by atoms with Crippen molar-refractivity contribution >= 4 is 5.91 Å². The molecule has 0 aliphatic rings. The summed E-state index contributed by atoms with van der Waals surface area (Å²) in [5.74, 6) is 0.0720. The third-order valence-corrected chi connectivity index (χ3v) is 3.60. The van der Waals surface area contributed by atoms with E-state index in [0.717, 1.165) is 17.5 Å². The van der Waals surface area contributed by atoms with E-state index in [1.165, 1.54) is 0 Å². The summed E-state index contributed by atoms with van der Waals surface area (Å²) in [5, 5.41) is 21.9. The average Bonchev–Trinajstić information content (AvgIpc) is 2.52. The van der Waals surface area contributed by atoms with Crippen molar-refractivity contribution in [3.05, 3.63) is 65.2 Å². The zero-order chi connectivity index (χ0) is 16.9. The smallest absolute Gasteiger partial charge is 0.251 e. The summed E-state index contributed by atoms with van der Waals surface area (Å²) in [6, 6.07) is 14.2. The van der Waals surface area contributed by atoms with Gasteiger partial charge in [-0.05, 0) is 62.1 Å². The van der Waals surface area contributed by atoms with Gasteiger partial charge in [0.2, 0.25) is 0 Å². The van der Waals surface area contributed by atoms with E-state index in [9.17, 15) is 15.0 Å². The van der Waals surface area contributed by atoms with Crippen LogP contribution in [0.25, 0.3) is 0 Å². The van der Waals surface area contributed by atoms with E-state index in [0.29, 0.717) is 18.5 Å². The van der Waals surface area contributed by atoms with Gasteiger partial charge in [0.05, 0.1) is 5.60 Å².